The van der Waals surface area contributed by atoms with Crippen molar-refractivity contribution in [3.8, 4) is 5.95 Å². The van der Waals surface area contributed by atoms with Crippen molar-refractivity contribution in [1.82, 2.24) is 29.4 Å². The number of alkyl halides is 3. The number of hydrogen-bond donors (Lipinski definition) is 0. The number of fused-ring (bicyclic) bond motifs is 1. The van der Waals surface area contributed by atoms with Crippen LogP contribution in [0.2, 0.25) is 0 Å². The fraction of sp³-hybridized carbons (Fsp3) is 0.476. The van der Waals surface area contributed by atoms with Crippen molar-refractivity contribution in [3.63, 3.8) is 0 Å². The van der Waals surface area contributed by atoms with E-state index < -0.39 is 12.2 Å². The number of hydrogen-bond acceptors (Lipinski definition) is 8. The molecule has 2 fully saturated rings. The molecule has 1 amide bonds. The Bertz CT molecular complexity index is 1180. The molecular weight excluding hydrogens is 470 g/mol. The molecule has 0 spiro atoms. The second-order valence-corrected chi connectivity index (χ2v) is 8.20. The molecule has 0 aliphatic carbocycles. The summed E-state index contributed by atoms with van der Waals surface area (Å²) in [6, 6.07) is 6.89. The van der Waals surface area contributed by atoms with Crippen LogP contribution >= 0.6 is 11.6 Å². The van der Waals surface area contributed by atoms with Crippen LogP contribution in [0.25, 0.3) is 17.0 Å². The molecule has 3 aromatic rings. The number of nitrogens with zero attached hydrogens (tertiary/aromatic N) is 8. The third-order valence-corrected chi connectivity index (χ3v) is 6.13. The molecule has 2 aliphatic heterocycles. The molecule has 5 rings (SSSR count). The number of piperazine rings is 1. The number of aromatic nitrogens is 5. The highest BCUT2D eigenvalue weighted by atomic mass is 35.5. The number of imidazole rings is 1. The Hall–Kier alpha value is -3.12. The number of rotatable bonds is 5. The summed E-state index contributed by atoms with van der Waals surface area (Å²) in [6.45, 7) is 4.10. The van der Waals surface area contributed by atoms with Crippen molar-refractivity contribution >= 4 is 40.4 Å². The van der Waals surface area contributed by atoms with E-state index in [0.717, 1.165) is 0 Å². The van der Waals surface area contributed by atoms with Gasteiger partial charge < -0.3 is 19.4 Å². The van der Waals surface area contributed by atoms with E-state index in [0.29, 0.717) is 75.4 Å². The topological polar surface area (TPSA) is 92.5 Å². The number of ether oxygens (including phenoxy) is 1. The third-order valence-electron chi connectivity index (χ3n) is 5.91. The number of amides is 1. The summed E-state index contributed by atoms with van der Waals surface area (Å²) < 4.78 is 34.7. The van der Waals surface area contributed by atoms with Gasteiger partial charge in [-0.2, -0.15) is 15.0 Å². The largest absolute Gasteiger partial charge is 0.378 e. The Morgan fingerprint density at radius 2 is 1.53 bits per heavy atom. The smallest absolute Gasteiger partial charge is 0.296 e. The van der Waals surface area contributed by atoms with Crippen LogP contribution in [0.1, 0.15) is 12.2 Å². The first kappa shape index (κ1) is 22.7. The van der Waals surface area contributed by atoms with Crippen LogP contribution in [0.15, 0.2) is 24.3 Å². The van der Waals surface area contributed by atoms with E-state index in [1.54, 1.807) is 29.2 Å². The number of halogens is 3. The Morgan fingerprint density at radius 3 is 2.18 bits per heavy atom. The van der Waals surface area contributed by atoms with Gasteiger partial charge in [-0.25, -0.2) is 13.8 Å². The van der Waals surface area contributed by atoms with E-state index in [-0.39, 0.29) is 17.7 Å². The van der Waals surface area contributed by atoms with Gasteiger partial charge in [0.15, 0.2) is 5.82 Å². The number of benzene rings is 1. The Kier molecular flexibility index (Phi) is 6.42. The molecule has 2 saturated heterocycles. The monoisotopic (exact) mass is 492 g/mol. The zero-order valence-corrected chi connectivity index (χ0v) is 19.0. The summed E-state index contributed by atoms with van der Waals surface area (Å²) >= 11 is 5.69. The zero-order valence-electron chi connectivity index (χ0n) is 18.3. The lowest BCUT2D eigenvalue weighted by Crippen LogP contribution is -2.50. The van der Waals surface area contributed by atoms with E-state index in [1.807, 2.05) is 9.80 Å². The van der Waals surface area contributed by atoms with Gasteiger partial charge in [-0.15, -0.1) is 11.6 Å². The first-order valence-electron chi connectivity index (χ1n) is 11.0. The quantitative estimate of drug-likeness (QED) is 0.498. The molecule has 2 aliphatic rings. The maximum Gasteiger partial charge on any atom is 0.296 e. The van der Waals surface area contributed by atoms with E-state index in [2.05, 4.69) is 19.9 Å². The first-order chi connectivity index (χ1) is 16.5. The summed E-state index contributed by atoms with van der Waals surface area (Å²) in [6.07, 6.45) is -2.82. The highest BCUT2D eigenvalue weighted by Gasteiger charge is 2.27. The fourth-order valence-electron chi connectivity index (χ4n) is 4.13. The van der Waals surface area contributed by atoms with E-state index in [9.17, 15) is 13.6 Å². The zero-order chi connectivity index (χ0) is 23.7. The lowest BCUT2D eigenvalue weighted by atomic mass is 10.3. The molecule has 0 unspecified atom stereocenters. The van der Waals surface area contributed by atoms with Crippen molar-refractivity contribution in [2.24, 2.45) is 0 Å². The minimum atomic E-state index is -2.82. The Balaban J connectivity index is 1.58. The molecule has 13 heteroatoms. The van der Waals surface area contributed by atoms with Gasteiger partial charge in [0.05, 0.1) is 24.2 Å². The molecule has 0 radical (unpaired) electrons. The summed E-state index contributed by atoms with van der Waals surface area (Å²) in [5.74, 6) is 0.209. The van der Waals surface area contributed by atoms with Crippen molar-refractivity contribution < 1.29 is 18.3 Å². The summed E-state index contributed by atoms with van der Waals surface area (Å²) in [4.78, 5) is 35.4. The molecule has 0 N–H and O–H groups in total. The Labute approximate surface area is 199 Å². The minimum Gasteiger partial charge on any atom is -0.378 e. The highest BCUT2D eigenvalue weighted by Crippen LogP contribution is 2.28. The van der Waals surface area contributed by atoms with Crippen molar-refractivity contribution in [2.75, 3.05) is 68.2 Å². The first-order valence-corrected chi connectivity index (χ1v) is 11.5. The average molecular weight is 493 g/mol. The number of para-hydroxylation sites is 2. The Morgan fingerprint density at radius 1 is 0.912 bits per heavy atom. The van der Waals surface area contributed by atoms with Gasteiger partial charge in [-0.1, -0.05) is 12.1 Å². The van der Waals surface area contributed by atoms with Gasteiger partial charge >= 0.3 is 0 Å². The van der Waals surface area contributed by atoms with Crippen LogP contribution in [-0.4, -0.2) is 93.7 Å². The van der Waals surface area contributed by atoms with Crippen LogP contribution in [0, 0.1) is 0 Å². The lowest BCUT2D eigenvalue weighted by molar-refractivity contribution is -0.128. The maximum absolute atomic E-state index is 14.0. The van der Waals surface area contributed by atoms with Gasteiger partial charge in [0.1, 0.15) is 5.88 Å². The summed E-state index contributed by atoms with van der Waals surface area (Å²) in [5, 5.41) is 0. The normalized spacial score (nSPS) is 17.1. The summed E-state index contributed by atoms with van der Waals surface area (Å²) in [7, 11) is 0. The van der Waals surface area contributed by atoms with E-state index >= 15 is 0 Å². The SMILES string of the molecule is O=C(CCl)N1CCN(c2nc(N3CCOCC3)nc(-n3c(C(F)F)nc4ccccc43)n2)CC1. The molecule has 1 aromatic carbocycles. The van der Waals surface area contributed by atoms with E-state index in [1.165, 1.54) is 4.57 Å². The van der Waals surface area contributed by atoms with Crippen LogP contribution in [0.3, 0.4) is 0 Å². The van der Waals surface area contributed by atoms with Crippen molar-refractivity contribution in [3.05, 3.63) is 30.1 Å². The van der Waals surface area contributed by atoms with Gasteiger partial charge in [0.2, 0.25) is 23.8 Å². The molecule has 34 heavy (non-hydrogen) atoms. The lowest BCUT2D eigenvalue weighted by Gasteiger charge is -2.35. The molecule has 0 saturated carbocycles. The minimum absolute atomic E-state index is 0.0683. The summed E-state index contributed by atoms with van der Waals surface area (Å²) in [5.41, 5.74) is 0.918. The number of carbonyl (C=O) groups is 1. The van der Waals surface area contributed by atoms with Crippen molar-refractivity contribution in [2.45, 2.75) is 6.43 Å². The van der Waals surface area contributed by atoms with Crippen LogP contribution in [-0.2, 0) is 9.53 Å². The number of morpholine rings is 1. The van der Waals surface area contributed by atoms with Crippen LogP contribution < -0.4 is 9.80 Å². The molecule has 0 bridgehead atoms. The van der Waals surface area contributed by atoms with Crippen LogP contribution in [0.4, 0.5) is 20.7 Å². The molecule has 10 nitrogen and oxygen atoms in total. The van der Waals surface area contributed by atoms with E-state index in [4.69, 9.17) is 16.3 Å². The van der Waals surface area contributed by atoms with Crippen molar-refractivity contribution in [1.29, 1.82) is 0 Å². The van der Waals surface area contributed by atoms with Gasteiger partial charge in [0.25, 0.3) is 6.43 Å². The highest BCUT2D eigenvalue weighted by molar-refractivity contribution is 6.27. The molecule has 180 valence electrons. The standard InChI is InChI=1S/C21H23ClF2N8O2/c22-13-16(33)29-5-7-30(8-6-29)19-26-20(31-9-11-34-12-10-31)28-21(27-19)32-15-4-2-1-3-14(15)25-18(32)17(23)24/h1-4,17H,5-13H2. The third kappa shape index (κ3) is 4.34. The van der Waals surface area contributed by atoms with Crippen LogP contribution in [0.5, 0.6) is 0 Å². The number of carbonyl (C=O) groups excluding carboxylic acids is 1. The predicted molar refractivity (Wildman–Crippen MR) is 122 cm³/mol. The number of anilines is 2. The average Bonchev–Trinajstić information content (AvgIpc) is 3.29. The molecule has 4 heterocycles. The second-order valence-electron chi connectivity index (χ2n) is 7.93. The van der Waals surface area contributed by atoms with Gasteiger partial charge in [-0.3, -0.25) is 9.36 Å². The second kappa shape index (κ2) is 9.63. The predicted octanol–water partition coefficient (Wildman–Crippen LogP) is 1.87. The van der Waals surface area contributed by atoms with Gasteiger partial charge in [0, 0.05) is 39.3 Å². The maximum atomic E-state index is 14.0. The van der Waals surface area contributed by atoms with Gasteiger partial charge in [-0.05, 0) is 12.1 Å². The molecular formula is C21H23ClF2N8O2. The fourth-order valence-corrected chi connectivity index (χ4v) is 4.30. The molecule has 0 atom stereocenters. The molecule has 2 aromatic heterocycles.